The van der Waals surface area contributed by atoms with Crippen molar-refractivity contribution in [2.45, 2.75) is 72.0 Å². The Morgan fingerprint density at radius 1 is 1.19 bits per heavy atom. The van der Waals surface area contributed by atoms with Gasteiger partial charge in [-0.2, -0.15) is 0 Å². The van der Waals surface area contributed by atoms with E-state index in [0.717, 1.165) is 41.1 Å². The molecule has 0 radical (unpaired) electrons. The first-order valence-electron chi connectivity index (χ1n) is 11.7. The van der Waals surface area contributed by atoms with E-state index in [9.17, 15) is 4.79 Å². The Hall–Kier alpha value is -2.07. The lowest BCUT2D eigenvalue weighted by molar-refractivity contribution is -0.133. The molecule has 1 fully saturated rings. The van der Waals surface area contributed by atoms with E-state index in [1.807, 2.05) is 18.2 Å². The number of hydrogen-bond acceptors (Lipinski definition) is 3. The van der Waals surface area contributed by atoms with Crippen LogP contribution in [0.2, 0.25) is 18.1 Å². The maximum atomic E-state index is 13.6. The maximum absolute atomic E-state index is 13.6. The molecule has 1 aromatic carbocycles. The van der Waals surface area contributed by atoms with Gasteiger partial charge < -0.3 is 9.16 Å². The summed E-state index contributed by atoms with van der Waals surface area (Å²) in [6.07, 6.45) is 4.48. The molecule has 0 aliphatic heterocycles. The fourth-order valence-corrected chi connectivity index (χ4v) is 5.88. The summed E-state index contributed by atoms with van der Waals surface area (Å²) in [6.45, 7) is 19.6. The number of hydrogen-bond donors (Lipinski definition) is 0. The predicted molar refractivity (Wildman–Crippen MR) is 135 cm³/mol. The summed E-state index contributed by atoms with van der Waals surface area (Å²) in [7, 11) is -0.434. The number of fused-ring (bicyclic) bond motifs is 1. The smallest absolute Gasteiger partial charge is 0.250 e. The number of ketones is 1. The van der Waals surface area contributed by atoms with Crippen LogP contribution in [0.4, 0.5) is 0 Å². The van der Waals surface area contributed by atoms with Crippen molar-refractivity contribution in [2.75, 3.05) is 7.11 Å². The second kappa shape index (κ2) is 8.70. The molecule has 2 aliphatic carbocycles. The van der Waals surface area contributed by atoms with E-state index >= 15 is 0 Å². The number of carbonyl (C=O) groups excluding carboxylic acids is 1. The lowest BCUT2D eigenvalue weighted by Gasteiger charge is -2.44. The van der Waals surface area contributed by atoms with Gasteiger partial charge in [-0.25, -0.2) is 0 Å². The summed E-state index contributed by atoms with van der Waals surface area (Å²) in [5, 5.41) is 0.0464. The lowest BCUT2D eigenvalue weighted by atomic mass is 9.63. The minimum atomic E-state index is -2.14. The van der Waals surface area contributed by atoms with Crippen molar-refractivity contribution in [3.8, 4) is 0 Å². The predicted octanol–water partition coefficient (Wildman–Crippen LogP) is 7.53. The van der Waals surface area contributed by atoms with Gasteiger partial charge in [0.1, 0.15) is 11.5 Å². The van der Waals surface area contributed by atoms with Crippen LogP contribution in [-0.2, 0) is 14.0 Å². The number of allylic oxidation sites excluding steroid dienone is 4. The molecular weight excluding hydrogens is 412 g/mol. The van der Waals surface area contributed by atoms with Crippen molar-refractivity contribution < 1.29 is 14.0 Å². The average Bonchev–Trinajstić information content (AvgIpc) is 2.98. The maximum Gasteiger partial charge on any atom is 0.250 e. The first-order valence-corrected chi connectivity index (χ1v) is 14.6. The molecule has 174 valence electrons. The third kappa shape index (κ3) is 4.39. The molecular formula is C28H40O3Si. The van der Waals surface area contributed by atoms with Crippen LogP contribution >= 0.6 is 0 Å². The Kier molecular flexibility index (Phi) is 6.68. The molecule has 4 heteroatoms. The standard InChI is InChI=1S/C28H40O3Si/c1-19(2)21-15-23-16-22(17-24(30-7)20-13-11-10-12-14-20)26(28(23,6)25(29)18-21)31-32(8,9)27(3,4)5/h10-14,17,21,23H,1,15-16,18H2,2-9H3/b24-17-/t21-,23?,28-/m1/s1. The topological polar surface area (TPSA) is 35.5 Å². The minimum absolute atomic E-state index is 0.0464. The Labute approximate surface area is 195 Å². The highest BCUT2D eigenvalue weighted by atomic mass is 28.4. The molecule has 0 spiro atoms. The van der Waals surface area contributed by atoms with Crippen LogP contribution in [0.1, 0.15) is 59.4 Å². The van der Waals surface area contributed by atoms with Crippen LogP contribution in [-0.4, -0.2) is 21.2 Å². The van der Waals surface area contributed by atoms with E-state index in [0.29, 0.717) is 6.42 Å². The van der Waals surface area contributed by atoms with Gasteiger partial charge in [0.15, 0.2) is 0 Å². The van der Waals surface area contributed by atoms with Crippen LogP contribution in [0, 0.1) is 17.3 Å². The van der Waals surface area contributed by atoms with Gasteiger partial charge in [-0.3, -0.25) is 4.79 Å². The van der Waals surface area contributed by atoms with Crippen LogP contribution in [0.15, 0.2) is 59.9 Å². The zero-order valence-electron chi connectivity index (χ0n) is 21.2. The van der Waals surface area contributed by atoms with E-state index < -0.39 is 13.7 Å². The highest BCUT2D eigenvalue weighted by Crippen LogP contribution is 2.57. The molecule has 3 rings (SSSR count). The van der Waals surface area contributed by atoms with Crippen molar-refractivity contribution in [2.24, 2.45) is 17.3 Å². The van der Waals surface area contributed by atoms with E-state index in [1.165, 1.54) is 0 Å². The number of methoxy groups -OCH3 is 1. The molecule has 32 heavy (non-hydrogen) atoms. The second-order valence-electron chi connectivity index (χ2n) is 11.3. The number of carbonyl (C=O) groups is 1. The number of ether oxygens (including phenoxy) is 1. The van der Waals surface area contributed by atoms with Gasteiger partial charge in [0.2, 0.25) is 8.32 Å². The van der Waals surface area contributed by atoms with Gasteiger partial charge in [0.25, 0.3) is 0 Å². The van der Waals surface area contributed by atoms with E-state index in [1.54, 1.807) is 7.11 Å². The van der Waals surface area contributed by atoms with Crippen molar-refractivity contribution >= 4 is 19.9 Å². The SMILES string of the molecule is C=C(C)[C@H]1CC(=O)[C@]2(C)C(O[Si](C)(C)C(C)(C)C)=C(/C=C(\OC)c3ccccc3)CC2C1. The van der Waals surface area contributed by atoms with E-state index in [4.69, 9.17) is 9.16 Å². The zero-order valence-corrected chi connectivity index (χ0v) is 22.2. The Morgan fingerprint density at radius 2 is 1.81 bits per heavy atom. The molecule has 1 aromatic rings. The number of rotatable bonds is 6. The highest BCUT2D eigenvalue weighted by Gasteiger charge is 2.56. The normalized spacial score (nSPS) is 26.8. The molecule has 3 atom stereocenters. The van der Waals surface area contributed by atoms with E-state index in [2.05, 4.69) is 72.5 Å². The molecule has 0 saturated heterocycles. The van der Waals surface area contributed by atoms with Crippen LogP contribution < -0.4 is 0 Å². The van der Waals surface area contributed by atoms with Gasteiger partial charge >= 0.3 is 0 Å². The Bertz CT molecular complexity index is 949. The second-order valence-corrected chi connectivity index (χ2v) is 16.0. The summed E-state index contributed by atoms with van der Waals surface area (Å²) >= 11 is 0. The van der Waals surface area contributed by atoms with Crippen LogP contribution in [0.25, 0.3) is 5.76 Å². The molecule has 0 aromatic heterocycles. The van der Waals surface area contributed by atoms with Gasteiger partial charge in [-0.15, -0.1) is 0 Å². The zero-order chi connectivity index (χ0) is 23.9. The monoisotopic (exact) mass is 452 g/mol. The number of Topliss-reactive ketones (excluding diaryl/α,β-unsaturated/α-hetero) is 1. The van der Waals surface area contributed by atoms with E-state index in [-0.39, 0.29) is 22.7 Å². The molecule has 3 nitrogen and oxygen atoms in total. The van der Waals surface area contributed by atoms with Crippen molar-refractivity contribution in [3.05, 3.63) is 65.5 Å². The summed E-state index contributed by atoms with van der Waals surface area (Å²) in [4.78, 5) is 13.6. The molecule has 0 bridgehead atoms. The lowest BCUT2D eigenvalue weighted by Crippen LogP contribution is -2.47. The average molecular weight is 453 g/mol. The van der Waals surface area contributed by atoms with Crippen molar-refractivity contribution in [1.82, 2.24) is 0 Å². The third-order valence-electron chi connectivity index (χ3n) is 8.07. The van der Waals surface area contributed by atoms with Gasteiger partial charge in [0.05, 0.1) is 18.3 Å². The number of benzene rings is 1. The highest BCUT2D eigenvalue weighted by molar-refractivity contribution is 6.74. The van der Waals surface area contributed by atoms with Gasteiger partial charge in [-0.05, 0) is 68.3 Å². The summed E-state index contributed by atoms with van der Waals surface area (Å²) in [6, 6.07) is 10.1. The van der Waals surface area contributed by atoms with Gasteiger partial charge in [-0.1, -0.05) is 63.3 Å². The summed E-state index contributed by atoms with van der Waals surface area (Å²) < 4.78 is 12.8. The largest absolute Gasteiger partial charge is 0.545 e. The van der Waals surface area contributed by atoms with Crippen LogP contribution in [0.3, 0.4) is 0 Å². The Balaban J connectivity index is 2.13. The fourth-order valence-electron chi connectivity index (χ4n) is 4.72. The molecule has 1 saturated carbocycles. The van der Waals surface area contributed by atoms with Crippen LogP contribution in [0.5, 0.6) is 0 Å². The summed E-state index contributed by atoms with van der Waals surface area (Å²) in [5.74, 6) is 2.48. The van der Waals surface area contributed by atoms with Crippen molar-refractivity contribution in [3.63, 3.8) is 0 Å². The third-order valence-corrected chi connectivity index (χ3v) is 12.4. The molecule has 0 N–H and O–H groups in total. The Morgan fingerprint density at radius 3 is 2.34 bits per heavy atom. The fraction of sp³-hybridized carbons (Fsp3) is 0.536. The molecule has 0 heterocycles. The first kappa shape index (κ1) is 24.6. The van der Waals surface area contributed by atoms with Crippen molar-refractivity contribution in [1.29, 1.82) is 0 Å². The minimum Gasteiger partial charge on any atom is -0.545 e. The summed E-state index contributed by atoms with van der Waals surface area (Å²) in [5.41, 5.74) is 2.67. The molecule has 1 unspecified atom stereocenters. The first-order chi connectivity index (χ1) is 14.8. The quantitative estimate of drug-likeness (QED) is 0.254. The molecule has 0 amide bonds. The molecule has 2 aliphatic rings. The van der Waals surface area contributed by atoms with Gasteiger partial charge in [0, 0.05) is 12.0 Å².